The summed E-state index contributed by atoms with van der Waals surface area (Å²) in [6, 6.07) is 7.42. The Balaban J connectivity index is 1.68. The summed E-state index contributed by atoms with van der Waals surface area (Å²) in [6.07, 6.45) is 0.971. The number of amides is 1. The minimum absolute atomic E-state index is 0.0515. The molecule has 3 rings (SSSR count). The fourth-order valence-corrected chi connectivity index (χ4v) is 3.01. The molecule has 0 radical (unpaired) electrons. The fraction of sp³-hybridized carbons (Fsp3) is 0.500. The lowest BCUT2D eigenvalue weighted by atomic mass is 10.1. The molecule has 2 aromatic rings. The second-order valence-corrected chi connectivity index (χ2v) is 6.20. The van der Waals surface area contributed by atoms with Crippen molar-refractivity contribution in [2.24, 2.45) is 0 Å². The molecule has 1 aliphatic heterocycles. The number of carbonyl (C=O) groups excluding carboxylic acids is 1. The maximum atomic E-state index is 12.9. The van der Waals surface area contributed by atoms with Gasteiger partial charge >= 0.3 is 0 Å². The molecule has 134 valence electrons. The van der Waals surface area contributed by atoms with Crippen LogP contribution in [0.15, 0.2) is 28.8 Å². The Bertz CT molecular complexity index is 716. The molecule has 7 heteroatoms. The third-order valence-corrected chi connectivity index (χ3v) is 4.38. The van der Waals surface area contributed by atoms with Gasteiger partial charge in [-0.3, -0.25) is 9.69 Å². The van der Waals surface area contributed by atoms with Gasteiger partial charge < -0.3 is 14.2 Å². The molecular formula is C18H24N4O3. The molecule has 1 aromatic carbocycles. The predicted molar refractivity (Wildman–Crippen MR) is 93.3 cm³/mol. The quantitative estimate of drug-likeness (QED) is 0.824. The van der Waals surface area contributed by atoms with E-state index in [0.717, 1.165) is 51.3 Å². The van der Waals surface area contributed by atoms with E-state index in [2.05, 4.69) is 15.0 Å². The Morgan fingerprint density at radius 1 is 1.28 bits per heavy atom. The first-order valence-corrected chi connectivity index (χ1v) is 8.58. The summed E-state index contributed by atoms with van der Waals surface area (Å²) in [4.78, 5) is 21.4. The molecule has 1 fully saturated rings. The molecule has 1 aliphatic rings. The molecule has 1 aromatic heterocycles. The summed E-state index contributed by atoms with van der Waals surface area (Å²) in [6.45, 7) is 6.75. The van der Waals surface area contributed by atoms with Gasteiger partial charge in [-0.15, -0.1) is 0 Å². The van der Waals surface area contributed by atoms with Crippen molar-refractivity contribution in [3.05, 3.63) is 35.7 Å². The molecule has 1 saturated heterocycles. The Morgan fingerprint density at radius 2 is 2.16 bits per heavy atom. The number of hydrogen-bond acceptors (Lipinski definition) is 6. The van der Waals surface area contributed by atoms with Crippen LogP contribution in [-0.2, 0) is 4.74 Å². The lowest BCUT2D eigenvalue weighted by Gasteiger charge is -2.22. The number of aryl methyl sites for hydroxylation is 1. The van der Waals surface area contributed by atoms with Crippen molar-refractivity contribution in [1.29, 1.82) is 0 Å². The zero-order valence-corrected chi connectivity index (χ0v) is 14.8. The maximum Gasteiger partial charge on any atom is 0.253 e. The average Bonchev–Trinajstić information content (AvgIpc) is 2.93. The largest absolute Gasteiger partial charge is 0.383 e. The van der Waals surface area contributed by atoms with Gasteiger partial charge in [-0.2, -0.15) is 4.98 Å². The van der Waals surface area contributed by atoms with E-state index in [1.807, 2.05) is 29.2 Å². The highest BCUT2D eigenvalue weighted by Gasteiger charge is 2.20. The van der Waals surface area contributed by atoms with Crippen molar-refractivity contribution in [3.8, 4) is 11.4 Å². The van der Waals surface area contributed by atoms with Crippen molar-refractivity contribution in [3.63, 3.8) is 0 Å². The molecule has 25 heavy (non-hydrogen) atoms. The highest BCUT2D eigenvalue weighted by atomic mass is 16.5. The lowest BCUT2D eigenvalue weighted by molar-refractivity contribution is 0.0759. The highest BCUT2D eigenvalue weighted by molar-refractivity contribution is 5.95. The van der Waals surface area contributed by atoms with Gasteiger partial charge in [-0.05, 0) is 25.1 Å². The van der Waals surface area contributed by atoms with Crippen LogP contribution in [0.4, 0.5) is 0 Å². The van der Waals surface area contributed by atoms with Crippen LogP contribution >= 0.6 is 0 Å². The minimum atomic E-state index is 0.0515. The number of aromatic nitrogens is 2. The van der Waals surface area contributed by atoms with Crippen LogP contribution < -0.4 is 0 Å². The average molecular weight is 344 g/mol. The number of hydrogen-bond donors (Lipinski definition) is 0. The maximum absolute atomic E-state index is 12.9. The Hall–Kier alpha value is -2.25. The summed E-state index contributed by atoms with van der Waals surface area (Å²) in [5, 5.41) is 3.92. The van der Waals surface area contributed by atoms with Gasteiger partial charge in [-0.25, -0.2) is 0 Å². The third-order valence-electron chi connectivity index (χ3n) is 4.38. The van der Waals surface area contributed by atoms with Crippen LogP contribution in [-0.4, -0.2) is 72.3 Å². The third kappa shape index (κ3) is 4.43. The summed E-state index contributed by atoms with van der Waals surface area (Å²) in [5.74, 6) is 1.07. The molecule has 0 N–H and O–H groups in total. The van der Waals surface area contributed by atoms with Crippen LogP contribution in [0.3, 0.4) is 0 Å². The van der Waals surface area contributed by atoms with Gasteiger partial charge in [0.25, 0.3) is 5.91 Å². The van der Waals surface area contributed by atoms with E-state index in [0.29, 0.717) is 17.3 Å². The van der Waals surface area contributed by atoms with E-state index in [1.54, 1.807) is 14.0 Å². The zero-order valence-electron chi connectivity index (χ0n) is 14.8. The van der Waals surface area contributed by atoms with E-state index < -0.39 is 0 Å². The summed E-state index contributed by atoms with van der Waals surface area (Å²) < 4.78 is 10.2. The van der Waals surface area contributed by atoms with Crippen molar-refractivity contribution in [2.45, 2.75) is 13.3 Å². The number of methoxy groups -OCH3 is 1. The predicted octanol–water partition coefficient (Wildman–Crippen LogP) is 1.84. The number of ether oxygens (including phenoxy) is 1. The number of nitrogens with zero attached hydrogens (tertiary/aromatic N) is 4. The second-order valence-electron chi connectivity index (χ2n) is 6.20. The highest BCUT2D eigenvalue weighted by Crippen LogP contribution is 2.19. The van der Waals surface area contributed by atoms with Crippen LogP contribution in [0.25, 0.3) is 11.4 Å². The number of carbonyl (C=O) groups is 1. The first-order chi connectivity index (χ1) is 12.2. The molecule has 0 bridgehead atoms. The van der Waals surface area contributed by atoms with Gasteiger partial charge in [0, 0.05) is 51.3 Å². The Labute approximate surface area is 147 Å². The van der Waals surface area contributed by atoms with Crippen LogP contribution in [0.1, 0.15) is 22.7 Å². The minimum Gasteiger partial charge on any atom is -0.383 e. The normalized spacial score (nSPS) is 16.0. The zero-order chi connectivity index (χ0) is 17.6. The van der Waals surface area contributed by atoms with Crippen LogP contribution in [0.2, 0.25) is 0 Å². The fourth-order valence-electron chi connectivity index (χ4n) is 3.01. The van der Waals surface area contributed by atoms with Gasteiger partial charge in [0.15, 0.2) is 0 Å². The molecule has 2 heterocycles. The molecule has 0 atom stereocenters. The SMILES string of the molecule is COCCN1CCCN(C(=O)c2cccc(-c3noc(C)n3)c2)CC1. The van der Waals surface area contributed by atoms with Crippen molar-refractivity contribution in [1.82, 2.24) is 19.9 Å². The molecule has 0 unspecified atom stereocenters. The Kier molecular flexibility index (Phi) is 5.78. The first-order valence-electron chi connectivity index (χ1n) is 8.58. The lowest BCUT2D eigenvalue weighted by Crippen LogP contribution is -2.36. The molecule has 0 aliphatic carbocycles. The van der Waals surface area contributed by atoms with E-state index in [1.165, 1.54) is 0 Å². The smallest absolute Gasteiger partial charge is 0.253 e. The van der Waals surface area contributed by atoms with Gasteiger partial charge in [0.1, 0.15) is 0 Å². The Morgan fingerprint density at radius 3 is 2.92 bits per heavy atom. The van der Waals surface area contributed by atoms with E-state index in [4.69, 9.17) is 9.26 Å². The molecular weight excluding hydrogens is 320 g/mol. The summed E-state index contributed by atoms with van der Waals surface area (Å²) in [5.41, 5.74) is 1.45. The van der Waals surface area contributed by atoms with E-state index in [-0.39, 0.29) is 5.91 Å². The van der Waals surface area contributed by atoms with Crippen LogP contribution in [0, 0.1) is 6.92 Å². The number of rotatable bonds is 5. The summed E-state index contributed by atoms with van der Waals surface area (Å²) in [7, 11) is 1.71. The monoisotopic (exact) mass is 344 g/mol. The van der Waals surface area contributed by atoms with Crippen LogP contribution in [0.5, 0.6) is 0 Å². The summed E-state index contributed by atoms with van der Waals surface area (Å²) >= 11 is 0. The second kappa shape index (κ2) is 8.22. The van der Waals surface area contributed by atoms with E-state index >= 15 is 0 Å². The number of benzene rings is 1. The van der Waals surface area contributed by atoms with Crippen molar-refractivity contribution >= 4 is 5.91 Å². The standard InChI is InChI=1S/C18H24N4O3/c1-14-19-17(20-25-14)15-5-3-6-16(13-15)18(23)22-8-4-7-21(9-10-22)11-12-24-2/h3,5-6,13H,4,7-12H2,1-2H3. The molecule has 7 nitrogen and oxygen atoms in total. The first kappa shape index (κ1) is 17.6. The topological polar surface area (TPSA) is 71.7 Å². The molecule has 1 amide bonds. The van der Waals surface area contributed by atoms with Gasteiger partial charge in [0.05, 0.1) is 6.61 Å². The van der Waals surface area contributed by atoms with Gasteiger partial charge in [-0.1, -0.05) is 17.3 Å². The van der Waals surface area contributed by atoms with Crippen molar-refractivity contribution in [2.75, 3.05) is 46.4 Å². The van der Waals surface area contributed by atoms with Gasteiger partial charge in [0.2, 0.25) is 11.7 Å². The van der Waals surface area contributed by atoms with Crippen molar-refractivity contribution < 1.29 is 14.1 Å². The molecule has 0 saturated carbocycles. The van der Waals surface area contributed by atoms with E-state index in [9.17, 15) is 4.79 Å². The molecule has 0 spiro atoms.